The zero-order chi connectivity index (χ0) is 24.8. The molecule has 2 atom stereocenters. The van der Waals surface area contributed by atoms with Gasteiger partial charge in [-0.15, -0.1) is 0 Å². The van der Waals surface area contributed by atoms with E-state index in [1.807, 2.05) is 19.1 Å². The Labute approximate surface area is 194 Å². The predicted octanol–water partition coefficient (Wildman–Crippen LogP) is 4.14. The molecule has 0 aliphatic rings. The van der Waals surface area contributed by atoms with Crippen LogP contribution < -0.4 is 10.6 Å². The number of hydrogen-bond acceptors (Lipinski definition) is 5. The zero-order valence-corrected chi connectivity index (χ0v) is 20.0. The number of rotatable bonds is 7. The van der Waals surface area contributed by atoms with Crippen molar-refractivity contribution in [1.29, 1.82) is 0 Å². The third kappa shape index (κ3) is 6.97. The van der Waals surface area contributed by atoms with Crippen LogP contribution >= 0.6 is 0 Å². The van der Waals surface area contributed by atoms with Crippen LogP contribution in [0.2, 0.25) is 0 Å². The Hall–Kier alpha value is -3.55. The molecule has 2 aromatic carbocycles. The van der Waals surface area contributed by atoms with Gasteiger partial charge in [0.25, 0.3) is 5.91 Å². The van der Waals surface area contributed by atoms with Crippen LogP contribution in [-0.2, 0) is 14.3 Å². The number of aromatic hydroxyl groups is 1. The maximum absolute atomic E-state index is 13.4. The van der Waals surface area contributed by atoms with E-state index in [4.69, 9.17) is 4.74 Å². The third-order valence-electron chi connectivity index (χ3n) is 4.92. The summed E-state index contributed by atoms with van der Waals surface area (Å²) in [6.45, 7) is 10.5. The van der Waals surface area contributed by atoms with Gasteiger partial charge in [-0.1, -0.05) is 36.4 Å². The van der Waals surface area contributed by atoms with Gasteiger partial charge in [0.05, 0.1) is 0 Å². The number of alkyl carbamates (subject to hydrolysis) is 1. The SMILES string of the molecule is CCN(C(=O)C(C)NC(=O)OC(C)(C)C)C(C(=O)Nc1ccccc1C)c1ccccc1O. The fourth-order valence-electron chi connectivity index (χ4n) is 3.34. The van der Waals surface area contributed by atoms with Crippen molar-refractivity contribution >= 4 is 23.6 Å². The average molecular weight is 456 g/mol. The van der Waals surface area contributed by atoms with Crippen molar-refractivity contribution < 1.29 is 24.2 Å². The van der Waals surface area contributed by atoms with Gasteiger partial charge in [0.1, 0.15) is 23.4 Å². The highest BCUT2D eigenvalue weighted by atomic mass is 16.6. The molecular formula is C25H33N3O5. The Morgan fingerprint density at radius 1 is 1.06 bits per heavy atom. The minimum absolute atomic E-state index is 0.110. The van der Waals surface area contributed by atoms with Gasteiger partial charge in [-0.25, -0.2) is 4.79 Å². The monoisotopic (exact) mass is 455 g/mol. The van der Waals surface area contributed by atoms with Crippen LogP contribution in [-0.4, -0.2) is 46.1 Å². The number of phenolic OH excluding ortho intramolecular Hbond substituents is 1. The number of aryl methyl sites for hydroxylation is 1. The van der Waals surface area contributed by atoms with E-state index in [1.54, 1.807) is 58.0 Å². The van der Waals surface area contributed by atoms with Crippen LogP contribution in [0, 0.1) is 6.92 Å². The van der Waals surface area contributed by atoms with E-state index >= 15 is 0 Å². The van der Waals surface area contributed by atoms with Crippen molar-refractivity contribution in [2.24, 2.45) is 0 Å². The van der Waals surface area contributed by atoms with Crippen LogP contribution in [0.5, 0.6) is 5.75 Å². The Morgan fingerprint density at radius 3 is 2.24 bits per heavy atom. The zero-order valence-electron chi connectivity index (χ0n) is 20.0. The second-order valence-electron chi connectivity index (χ2n) is 8.76. The van der Waals surface area contributed by atoms with Gasteiger partial charge in [0.15, 0.2) is 0 Å². The molecule has 2 unspecified atom stereocenters. The summed E-state index contributed by atoms with van der Waals surface area (Å²) in [5.74, 6) is -1.08. The van der Waals surface area contributed by atoms with Gasteiger partial charge >= 0.3 is 6.09 Å². The molecule has 0 saturated heterocycles. The smallest absolute Gasteiger partial charge is 0.408 e. The van der Waals surface area contributed by atoms with Gasteiger partial charge in [-0.2, -0.15) is 0 Å². The highest BCUT2D eigenvalue weighted by Crippen LogP contribution is 2.30. The molecule has 3 amide bonds. The summed E-state index contributed by atoms with van der Waals surface area (Å²) in [5, 5.41) is 15.9. The minimum Gasteiger partial charge on any atom is -0.508 e. The number of phenols is 1. The summed E-state index contributed by atoms with van der Waals surface area (Å²) in [5.41, 5.74) is 1.02. The standard InChI is InChI=1S/C25H33N3O5/c1-7-28(23(31)17(3)26-24(32)33-25(4,5)6)21(18-13-9-11-15-20(18)29)22(30)27-19-14-10-8-12-16(19)2/h8-15,17,21,29H,7H2,1-6H3,(H,26,32)(H,27,30). The van der Waals surface area contributed by atoms with Crippen LogP contribution in [0.4, 0.5) is 10.5 Å². The fraction of sp³-hybridized carbons (Fsp3) is 0.400. The predicted molar refractivity (Wildman–Crippen MR) is 127 cm³/mol. The van der Waals surface area contributed by atoms with E-state index in [0.717, 1.165) is 5.56 Å². The normalized spacial score (nSPS) is 12.9. The third-order valence-corrected chi connectivity index (χ3v) is 4.92. The van der Waals surface area contributed by atoms with Gasteiger partial charge < -0.3 is 25.4 Å². The summed E-state index contributed by atoms with van der Waals surface area (Å²) in [6, 6.07) is 11.6. The number of carbonyl (C=O) groups is 3. The second-order valence-corrected chi connectivity index (χ2v) is 8.76. The number of ether oxygens (including phenoxy) is 1. The van der Waals surface area contributed by atoms with Crippen LogP contribution in [0.3, 0.4) is 0 Å². The quantitative estimate of drug-likeness (QED) is 0.581. The van der Waals surface area contributed by atoms with E-state index in [-0.39, 0.29) is 17.9 Å². The first-order chi connectivity index (χ1) is 15.4. The van der Waals surface area contributed by atoms with Crippen LogP contribution in [0.1, 0.15) is 51.8 Å². The molecule has 2 aromatic rings. The fourth-order valence-corrected chi connectivity index (χ4v) is 3.34. The summed E-state index contributed by atoms with van der Waals surface area (Å²) in [4.78, 5) is 40.2. The largest absolute Gasteiger partial charge is 0.508 e. The molecule has 0 spiro atoms. The lowest BCUT2D eigenvalue weighted by atomic mass is 10.0. The molecule has 33 heavy (non-hydrogen) atoms. The molecule has 2 rings (SSSR count). The number of benzene rings is 2. The van der Waals surface area contributed by atoms with E-state index in [2.05, 4.69) is 10.6 Å². The Morgan fingerprint density at radius 2 is 1.67 bits per heavy atom. The molecule has 3 N–H and O–H groups in total. The lowest BCUT2D eigenvalue weighted by molar-refractivity contribution is -0.140. The summed E-state index contributed by atoms with van der Waals surface area (Å²) >= 11 is 0. The molecule has 8 heteroatoms. The highest BCUT2D eigenvalue weighted by molar-refractivity contribution is 5.99. The van der Waals surface area contributed by atoms with Crippen LogP contribution in [0.15, 0.2) is 48.5 Å². The number of anilines is 1. The number of amides is 3. The molecule has 0 aromatic heterocycles. The number of likely N-dealkylation sites (N-methyl/N-ethyl adjacent to an activating group) is 1. The van der Waals surface area contributed by atoms with Gasteiger partial charge in [0.2, 0.25) is 5.91 Å². The topological polar surface area (TPSA) is 108 Å². The van der Waals surface area contributed by atoms with Crippen molar-refractivity contribution in [2.45, 2.75) is 59.2 Å². The Kier molecular flexibility index (Phi) is 8.45. The second kappa shape index (κ2) is 10.8. The van der Waals surface area contributed by atoms with Crippen molar-refractivity contribution in [1.82, 2.24) is 10.2 Å². The van der Waals surface area contributed by atoms with Crippen molar-refractivity contribution in [3.05, 3.63) is 59.7 Å². The summed E-state index contributed by atoms with van der Waals surface area (Å²) in [6.07, 6.45) is -0.733. The average Bonchev–Trinajstić information content (AvgIpc) is 2.72. The molecule has 178 valence electrons. The first kappa shape index (κ1) is 25.7. The van der Waals surface area contributed by atoms with Crippen molar-refractivity contribution in [3.63, 3.8) is 0 Å². The molecule has 0 heterocycles. The molecule has 0 fully saturated rings. The van der Waals surface area contributed by atoms with E-state index in [9.17, 15) is 19.5 Å². The van der Waals surface area contributed by atoms with Gasteiger partial charge in [-0.05, 0) is 59.2 Å². The minimum atomic E-state index is -1.12. The van der Waals surface area contributed by atoms with Crippen molar-refractivity contribution in [2.75, 3.05) is 11.9 Å². The summed E-state index contributed by atoms with van der Waals surface area (Å²) < 4.78 is 5.24. The van der Waals surface area contributed by atoms with Crippen molar-refractivity contribution in [3.8, 4) is 5.75 Å². The first-order valence-electron chi connectivity index (χ1n) is 10.9. The molecule has 0 radical (unpaired) electrons. The number of nitrogens with one attached hydrogen (secondary N) is 2. The molecule has 0 aliphatic carbocycles. The lowest BCUT2D eigenvalue weighted by Crippen LogP contribution is -2.51. The maximum Gasteiger partial charge on any atom is 0.408 e. The molecule has 0 aliphatic heterocycles. The maximum atomic E-state index is 13.4. The summed E-state index contributed by atoms with van der Waals surface area (Å²) in [7, 11) is 0. The first-order valence-corrected chi connectivity index (χ1v) is 10.9. The molecule has 8 nitrogen and oxygen atoms in total. The van der Waals surface area contributed by atoms with Crippen LogP contribution in [0.25, 0.3) is 0 Å². The number of nitrogens with zero attached hydrogens (tertiary/aromatic N) is 1. The Balaban J connectivity index is 2.36. The number of hydrogen-bond donors (Lipinski definition) is 3. The molecule has 0 bridgehead atoms. The molecule has 0 saturated carbocycles. The van der Waals surface area contributed by atoms with E-state index in [0.29, 0.717) is 5.69 Å². The van der Waals surface area contributed by atoms with E-state index < -0.39 is 35.6 Å². The van der Waals surface area contributed by atoms with Gasteiger partial charge in [-0.3, -0.25) is 9.59 Å². The lowest BCUT2D eigenvalue weighted by Gasteiger charge is -2.33. The number of carbonyl (C=O) groups excluding carboxylic acids is 3. The van der Waals surface area contributed by atoms with E-state index in [1.165, 1.54) is 17.9 Å². The highest BCUT2D eigenvalue weighted by Gasteiger charge is 2.35. The number of para-hydroxylation sites is 2. The van der Waals surface area contributed by atoms with Gasteiger partial charge in [0, 0.05) is 17.8 Å². The molecular weight excluding hydrogens is 422 g/mol. The Bertz CT molecular complexity index is 1000.